The zero-order valence-electron chi connectivity index (χ0n) is 17.8. The van der Waals surface area contributed by atoms with E-state index in [-0.39, 0.29) is 30.7 Å². The molecular formula is C22H23F2N7O. The third kappa shape index (κ3) is 3.00. The molecule has 4 aromatic rings. The highest BCUT2D eigenvalue weighted by atomic mass is 19.3. The number of alkyl halides is 2. The summed E-state index contributed by atoms with van der Waals surface area (Å²) in [4.78, 5) is 9.77. The second-order valence-electron chi connectivity index (χ2n) is 9.01. The summed E-state index contributed by atoms with van der Waals surface area (Å²) in [6, 6.07) is 6.19. The van der Waals surface area contributed by atoms with Gasteiger partial charge in [-0.1, -0.05) is 25.0 Å². The van der Waals surface area contributed by atoms with Crippen LogP contribution in [0.3, 0.4) is 0 Å². The summed E-state index contributed by atoms with van der Waals surface area (Å²) < 4.78 is 34.4. The van der Waals surface area contributed by atoms with Gasteiger partial charge in [-0.25, -0.2) is 18.3 Å². The maximum absolute atomic E-state index is 13.3. The lowest BCUT2D eigenvalue weighted by Crippen LogP contribution is -2.37. The molecule has 1 fully saturated rings. The van der Waals surface area contributed by atoms with Crippen molar-refractivity contribution in [1.29, 1.82) is 0 Å². The van der Waals surface area contributed by atoms with Crippen LogP contribution in [-0.2, 0) is 6.42 Å². The van der Waals surface area contributed by atoms with E-state index in [1.807, 2.05) is 21.7 Å². The predicted octanol–water partition coefficient (Wildman–Crippen LogP) is 4.23. The van der Waals surface area contributed by atoms with Crippen LogP contribution >= 0.6 is 0 Å². The topological polar surface area (TPSA) is 88.1 Å². The fourth-order valence-electron chi connectivity index (χ4n) is 4.80. The van der Waals surface area contributed by atoms with Gasteiger partial charge in [-0.05, 0) is 23.6 Å². The van der Waals surface area contributed by atoms with E-state index in [1.54, 1.807) is 6.33 Å². The van der Waals surface area contributed by atoms with Crippen molar-refractivity contribution in [2.75, 3.05) is 11.4 Å². The molecule has 1 atom stereocenters. The van der Waals surface area contributed by atoms with Crippen LogP contribution in [0.4, 0.5) is 14.8 Å². The number of halogens is 2. The number of aromatic nitrogens is 6. The van der Waals surface area contributed by atoms with E-state index < -0.39 is 5.92 Å². The number of hydrogen-bond acceptors (Lipinski definition) is 6. The summed E-state index contributed by atoms with van der Waals surface area (Å²) in [6.07, 6.45) is 3.87. The maximum Gasteiger partial charge on any atom is 0.319 e. The van der Waals surface area contributed by atoms with Gasteiger partial charge in [-0.3, -0.25) is 0 Å². The van der Waals surface area contributed by atoms with Crippen LogP contribution in [0.15, 0.2) is 35.1 Å². The maximum atomic E-state index is 13.3. The number of nitrogens with zero attached hydrogens (tertiary/aromatic N) is 6. The number of rotatable bonds is 4. The molecule has 6 rings (SSSR count). The number of H-pyrrole nitrogens is 1. The minimum absolute atomic E-state index is 0.244. The highest BCUT2D eigenvalue weighted by Gasteiger charge is 2.48. The summed E-state index contributed by atoms with van der Waals surface area (Å²) in [5.74, 6) is -2.40. The first-order valence-electron chi connectivity index (χ1n) is 10.9. The molecule has 1 saturated carbocycles. The Balaban J connectivity index is 1.41. The van der Waals surface area contributed by atoms with Crippen molar-refractivity contribution in [3.63, 3.8) is 0 Å². The second kappa shape index (κ2) is 6.85. The van der Waals surface area contributed by atoms with Crippen LogP contribution in [0.25, 0.3) is 5.52 Å². The van der Waals surface area contributed by atoms with Gasteiger partial charge in [-0.2, -0.15) is 5.10 Å². The van der Waals surface area contributed by atoms with Crippen molar-refractivity contribution in [2.45, 2.75) is 56.9 Å². The van der Waals surface area contributed by atoms with E-state index in [0.717, 1.165) is 29.0 Å². The van der Waals surface area contributed by atoms with E-state index >= 15 is 0 Å². The van der Waals surface area contributed by atoms with Crippen molar-refractivity contribution in [3.8, 4) is 0 Å². The Morgan fingerprint density at radius 3 is 2.88 bits per heavy atom. The Kier molecular flexibility index (Phi) is 4.15. The first-order valence-corrected chi connectivity index (χ1v) is 10.9. The Morgan fingerprint density at radius 1 is 1.25 bits per heavy atom. The highest BCUT2D eigenvalue weighted by Crippen LogP contribution is 2.48. The number of aromatic amines is 1. The molecule has 166 valence electrons. The molecule has 1 N–H and O–H groups in total. The van der Waals surface area contributed by atoms with Gasteiger partial charge in [0.05, 0.1) is 23.2 Å². The number of nitrogens with one attached hydrogen (secondary N) is 1. The molecule has 32 heavy (non-hydrogen) atoms. The lowest BCUT2D eigenvalue weighted by molar-refractivity contribution is -0.0917. The average Bonchev–Trinajstić information content (AvgIpc) is 3.49. The van der Waals surface area contributed by atoms with Crippen LogP contribution in [0, 0.1) is 0 Å². The lowest BCUT2D eigenvalue weighted by atomic mass is 9.81. The zero-order chi connectivity index (χ0) is 22.0. The van der Waals surface area contributed by atoms with Crippen molar-refractivity contribution < 1.29 is 13.2 Å². The van der Waals surface area contributed by atoms with Crippen LogP contribution in [0.5, 0.6) is 0 Å². The molecule has 1 aliphatic heterocycles. The zero-order valence-corrected chi connectivity index (χ0v) is 17.8. The molecule has 2 aliphatic rings. The summed E-state index contributed by atoms with van der Waals surface area (Å²) in [7, 11) is 0. The van der Waals surface area contributed by atoms with Gasteiger partial charge in [0.1, 0.15) is 6.04 Å². The third-order valence-electron chi connectivity index (χ3n) is 6.50. The quantitative estimate of drug-likeness (QED) is 0.512. The molecule has 4 aromatic heterocycles. The van der Waals surface area contributed by atoms with Crippen molar-refractivity contribution in [1.82, 2.24) is 29.8 Å². The van der Waals surface area contributed by atoms with Gasteiger partial charge in [0.2, 0.25) is 11.8 Å². The SMILES string of the molecule is CC(C)c1cccn2nc(C3c4nc[nH]c4CCN3c3nnc(C4CC(F)(F)C4)o3)cc12. The van der Waals surface area contributed by atoms with E-state index in [4.69, 9.17) is 9.52 Å². The minimum atomic E-state index is -2.64. The Labute approximate surface area is 182 Å². The fourth-order valence-corrected chi connectivity index (χ4v) is 4.80. The molecule has 0 radical (unpaired) electrons. The first kappa shape index (κ1) is 19.4. The highest BCUT2D eigenvalue weighted by molar-refractivity contribution is 5.58. The van der Waals surface area contributed by atoms with Crippen LogP contribution in [-0.4, -0.2) is 42.2 Å². The van der Waals surface area contributed by atoms with Crippen molar-refractivity contribution >= 4 is 11.5 Å². The Bertz CT molecular complexity index is 1280. The second-order valence-corrected chi connectivity index (χ2v) is 9.01. The molecular weight excluding hydrogens is 416 g/mol. The number of pyridine rings is 1. The van der Waals surface area contributed by atoms with E-state index in [9.17, 15) is 8.78 Å². The van der Waals surface area contributed by atoms with Crippen LogP contribution < -0.4 is 4.90 Å². The standard InChI is InChI=1S/C22H23F2N7O/c1-12(2)14-4-3-6-31-17(14)8-16(29-31)19-18-15(25-11-26-18)5-7-30(19)21-28-27-20(32-21)13-9-22(23,24)10-13/h3-4,6,8,11-13,19H,5,7,9-10H2,1-2H3,(H,25,26). The molecule has 1 aliphatic carbocycles. The normalized spacial score (nSPS) is 20.7. The first-order chi connectivity index (χ1) is 15.4. The van der Waals surface area contributed by atoms with Gasteiger partial charge >= 0.3 is 6.01 Å². The van der Waals surface area contributed by atoms with Gasteiger partial charge in [-0.15, -0.1) is 5.10 Å². The van der Waals surface area contributed by atoms with E-state index in [1.165, 1.54) is 5.56 Å². The summed E-state index contributed by atoms with van der Waals surface area (Å²) >= 11 is 0. The van der Waals surface area contributed by atoms with Crippen molar-refractivity contribution in [3.05, 3.63) is 59.3 Å². The van der Waals surface area contributed by atoms with Crippen molar-refractivity contribution in [2.24, 2.45) is 0 Å². The van der Waals surface area contributed by atoms with Gasteiger partial charge in [0, 0.05) is 43.6 Å². The fraction of sp³-hybridized carbons (Fsp3) is 0.455. The third-order valence-corrected chi connectivity index (χ3v) is 6.50. The average molecular weight is 439 g/mol. The molecule has 10 heteroatoms. The smallest absolute Gasteiger partial charge is 0.319 e. The predicted molar refractivity (Wildman–Crippen MR) is 112 cm³/mol. The van der Waals surface area contributed by atoms with Gasteiger partial charge in [0.25, 0.3) is 0 Å². The van der Waals surface area contributed by atoms with Gasteiger partial charge < -0.3 is 14.3 Å². The molecule has 0 bridgehead atoms. The molecule has 5 heterocycles. The number of hydrogen-bond donors (Lipinski definition) is 1. The molecule has 0 amide bonds. The van der Waals surface area contributed by atoms with Crippen LogP contribution in [0.2, 0.25) is 0 Å². The molecule has 0 aromatic carbocycles. The summed E-state index contributed by atoms with van der Waals surface area (Å²) in [5.41, 5.74) is 4.98. The molecule has 0 spiro atoms. The van der Waals surface area contributed by atoms with Gasteiger partial charge in [0.15, 0.2) is 0 Å². The number of fused-ring (bicyclic) bond motifs is 2. The van der Waals surface area contributed by atoms with E-state index in [2.05, 4.69) is 46.1 Å². The van der Waals surface area contributed by atoms with E-state index in [0.29, 0.717) is 18.5 Å². The van der Waals surface area contributed by atoms with Crippen LogP contribution in [0.1, 0.15) is 73.1 Å². The molecule has 8 nitrogen and oxygen atoms in total. The molecule has 1 unspecified atom stereocenters. The number of anilines is 1. The summed E-state index contributed by atoms with van der Waals surface area (Å²) in [5, 5.41) is 13.2. The Hall–Kier alpha value is -3.30. The minimum Gasteiger partial charge on any atom is -0.408 e. The lowest BCUT2D eigenvalue weighted by Gasteiger charge is -2.33. The summed E-state index contributed by atoms with van der Waals surface area (Å²) in [6.45, 7) is 4.93. The largest absolute Gasteiger partial charge is 0.408 e. The monoisotopic (exact) mass is 439 g/mol. The number of imidazole rings is 1. The molecule has 0 saturated heterocycles. The Morgan fingerprint density at radius 2 is 2.09 bits per heavy atom.